The molecule has 1 aliphatic rings. The fourth-order valence-electron chi connectivity index (χ4n) is 1.50. The lowest BCUT2D eigenvalue weighted by Gasteiger charge is -2.27. The van der Waals surface area contributed by atoms with Crippen molar-refractivity contribution in [2.45, 2.75) is 6.61 Å². The molecule has 0 aromatic heterocycles. The van der Waals surface area contributed by atoms with Gasteiger partial charge in [-0.15, -0.1) is 0 Å². The van der Waals surface area contributed by atoms with Crippen LogP contribution in [0.4, 0.5) is 5.69 Å². The van der Waals surface area contributed by atoms with E-state index in [1.54, 1.807) is 0 Å². The Balaban J connectivity index is 2.39. The first-order chi connectivity index (χ1) is 6.31. The summed E-state index contributed by atoms with van der Waals surface area (Å²) in [5, 5.41) is 8.94. The molecular weight excluding hydrogens is 166 g/mol. The van der Waals surface area contributed by atoms with Crippen molar-refractivity contribution in [2.24, 2.45) is 0 Å². The van der Waals surface area contributed by atoms with Gasteiger partial charge in [-0.25, -0.2) is 0 Å². The first kappa shape index (κ1) is 8.38. The molecule has 1 aliphatic heterocycles. The predicted molar refractivity (Wildman–Crippen MR) is 51.1 cm³/mol. The number of aliphatic hydroxyl groups excluding tert-OH is 1. The second kappa shape index (κ2) is 3.26. The van der Waals surface area contributed by atoms with Crippen molar-refractivity contribution in [1.82, 2.24) is 0 Å². The van der Waals surface area contributed by atoms with Crippen molar-refractivity contribution >= 4 is 5.69 Å². The number of nitrogens with zero attached hydrogens (tertiary/aromatic N) is 1. The van der Waals surface area contributed by atoms with Crippen LogP contribution < -0.4 is 9.64 Å². The minimum atomic E-state index is 0.0698. The largest absolute Gasteiger partial charge is 0.490 e. The summed E-state index contributed by atoms with van der Waals surface area (Å²) in [7, 11) is 2.04. The number of hydrogen-bond donors (Lipinski definition) is 1. The molecule has 13 heavy (non-hydrogen) atoms. The molecule has 0 radical (unpaired) electrons. The highest BCUT2D eigenvalue weighted by Crippen LogP contribution is 2.31. The third-order valence-corrected chi connectivity index (χ3v) is 2.30. The predicted octanol–water partition coefficient (Wildman–Crippen LogP) is 1.01. The highest BCUT2D eigenvalue weighted by Gasteiger charge is 2.14. The fraction of sp³-hybridized carbons (Fsp3) is 0.400. The second-order valence-electron chi connectivity index (χ2n) is 3.23. The maximum absolute atomic E-state index is 8.94. The molecule has 0 aliphatic carbocycles. The van der Waals surface area contributed by atoms with Crippen LogP contribution in [0.25, 0.3) is 0 Å². The molecule has 2 rings (SSSR count). The van der Waals surface area contributed by atoms with Gasteiger partial charge in [0.15, 0.2) is 0 Å². The number of hydrogen-bond acceptors (Lipinski definition) is 3. The Bertz CT molecular complexity index is 312. The monoisotopic (exact) mass is 179 g/mol. The highest BCUT2D eigenvalue weighted by molar-refractivity contribution is 5.60. The summed E-state index contributed by atoms with van der Waals surface area (Å²) < 4.78 is 5.48. The molecule has 0 fully saturated rings. The summed E-state index contributed by atoms with van der Waals surface area (Å²) in [6, 6.07) is 5.80. The van der Waals surface area contributed by atoms with Gasteiger partial charge in [0.1, 0.15) is 12.4 Å². The maximum Gasteiger partial charge on any atom is 0.143 e. The maximum atomic E-state index is 8.94. The molecule has 0 saturated carbocycles. The van der Waals surface area contributed by atoms with Crippen molar-refractivity contribution in [3.63, 3.8) is 0 Å². The van der Waals surface area contributed by atoms with E-state index in [4.69, 9.17) is 9.84 Å². The Kier molecular flexibility index (Phi) is 2.10. The number of ether oxygens (including phenoxy) is 1. The van der Waals surface area contributed by atoms with Gasteiger partial charge in [0.25, 0.3) is 0 Å². The average molecular weight is 179 g/mol. The van der Waals surface area contributed by atoms with E-state index in [9.17, 15) is 0 Å². The zero-order valence-corrected chi connectivity index (χ0v) is 7.66. The Hall–Kier alpha value is -1.22. The molecule has 1 aromatic rings. The molecule has 70 valence electrons. The van der Waals surface area contributed by atoms with Crippen LogP contribution in [0.3, 0.4) is 0 Å². The Morgan fingerprint density at radius 2 is 2.38 bits per heavy atom. The van der Waals surface area contributed by atoms with E-state index in [2.05, 4.69) is 4.90 Å². The van der Waals surface area contributed by atoms with E-state index >= 15 is 0 Å². The number of aliphatic hydroxyl groups is 1. The molecule has 1 aromatic carbocycles. The van der Waals surface area contributed by atoms with Gasteiger partial charge >= 0.3 is 0 Å². The zero-order valence-electron chi connectivity index (χ0n) is 7.66. The lowest BCUT2D eigenvalue weighted by molar-refractivity contribution is 0.278. The SMILES string of the molecule is CN1CCOc2cc(CO)ccc21. The van der Waals surface area contributed by atoms with Gasteiger partial charge in [0, 0.05) is 7.05 Å². The molecule has 0 saturated heterocycles. The van der Waals surface area contributed by atoms with Crippen LogP contribution in [0, 0.1) is 0 Å². The van der Waals surface area contributed by atoms with Gasteiger partial charge in [-0.05, 0) is 17.7 Å². The van der Waals surface area contributed by atoms with Gasteiger partial charge in [0.05, 0.1) is 18.8 Å². The fourth-order valence-corrected chi connectivity index (χ4v) is 1.50. The molecular formula is C10H13NO2. The summed E-state index contributed by atoms with van der Waals surface area (Å²) in [5.74, 6) is 0.875. The van der Waals surface area contributed by atoms with E-state index in [-0.39, 0.29) is 6.61 Å². The van der Waals surface area contributed by atoms with Crippen molar-refractivity contribution in [3.8, 4) is 5.75 Å². The van der Waals surface area contributed by atoms with Crippen molar-refractivity contribution in [3.05, 3.63) is 23.8 Å². The molecule has 0 unspecified atom stereocenters. The van der Waals surface area contributed by atoms with Crippen molar-refractivity contribution in [2.75, 3.05) is 25.1 Å². The van der Waals surface area contributed by atoms with Crippen molar-refractivity contribution < 1.29 is 9.84 Å². The Morgan fingerprint density at radius 3 is 3.15 bits per heavy atom. The summed E-state index contributed by atoms with van der Waals surface area (Å²) in [6.45, 7) is 1.71. The first-order valence-electron chi connectivity index (χ1n) is 4.39. The molecule has 0 bridgehead atoms. The number of benzene rings is 1. The van der Waals surface area contributed by atoms with Gasteiger partial charge in [-0.3, -0.25) is 0 Å². The molecule has 0 amide bonds. The molecule has 1 heterocycles. The van der Waals surface area contributed by atoms with E-state index in [0.717, 1.165) is 30.2 Å². The van der Waals surface area contributed by atoms with Gasteiger partial charge in [-0.1, -0.05) is 6.07 Å². The standard InChI is InChI=1S/C10H13NO2/c1-11-4-5-13-10-6-8(7-12)2-3-9(10)11/h2-3,6,12H,4-5,7H2,1H3. The van der Waals surface area contributed by atoms with Crippen LogP contribution in [0.5, 0.6) is 5.75 Å². The van der Waals surface area contributed by atoms with E-state index in [0.29, 0.717) is 0 Å². The Morgan fingerprint density at radius 1 is 1.54 bits per heavy atom. The minimum Gasteiger partial charge on any atom is -0.490 e. The number of likely N-dealkylation sites (N-methyl/N-ethyl adjacent to an activating group) is 1. The van der Waals surface area contributed by atoms with Crippen LogP contribution >= 0.6 is 0 Å². The highest BCUT2D eigenvalue weighted by atomic mass is 16.5. The van der Waals surface area contributed by atoms with E-state index < -0.39 is 0 Å². The van der Waals surface area contributed by atoms with Gasteiger partial charge in [-0.2, -0.15) is 0 Å². The van der Waals surface area contributed by atoms with Crippen LogP contribution in [0.15, 0.2) is 18.2 Å². The topological polar surface area (TPSA) is 32.7 Å². The number of fused-ring (bicyclic) bond motifs is 1. The molecule has 3 heteroatoms. The third kappa shape index (κ3) is 1.47. The third-order valence-electron chi connectivity index (χ3n) is 2.30. The zero-order chi connectivity index (χ0) is 9.26. The van der Waals surface area contributed by atoms with Crippen LogP contribution in [-0.2, 0) is 6.61 Å². The summed E-state index contributed by atoms with van der Waals surface area (Å²) in [6.07, 6.45) is 0. The lowest BCUT2D eigenvalue weighted by Crippen LogP contribution is -2.28. The van der Waals surface area contributed by atoms with Crippen LogP contribution in [0.1, 0.15) is 5.56 Å². The van der Waals surface area contributed by atoms with Crippen LogP contribution in [-0.4, -0.2) is 25.3 Å². The molecule has 0 spiro atoms. The molecule has 3 nitrogen and oxygen atoms in total. The van der Waals surface area contributed by atoms with Crippen LogP contribution in [0.2, 0.25) is 0 Å². The average Bonchev–Trinajstić information content (AvgIpc) is 2.18. The first-order valence-corrected chi connectivity index (χ1v) is 4.39. The molecule has 1 N–H and O–H groups in total. The lowest BCUT2D eigenvalue weighted by atomic mass is 10.1. The molecule has 0 atom stereocenters. The van der Waals surface area contributed by atoms with E-state index in [1.807, 2.05) is 25.2 Å². The minimum absolute atomic E-state index is 0.0698. The Labute approximate surface area is 77.6 Å². The quantitative estimate of drug-likeness (QED) is 0.698. The van der Waals surface area contributed by atoms with E-state index in [1.165, 1.54) is 0 Å². The smallest absolute Gasteiger partial charge is 0.143 e. The normalized spacial score (nSPS) is 15.1. The summed E-state index contributed by atoms with van der Waals surface area (Å²) >= 11 is 0. The van der Waals surface area contributed by atoms with Gasteiger partial charge in [0.2, 0.25) is 0 Å². The number of anilines is 1. The van der Waals surface area contributed by atoms with Gasteiger partial charge < -0.3 is 14.7 Å². The van der Waals surface area contributed by atoms with Crippen molar-refractivity contribution in [1.29, 1.82) is 0 Å². The summed E-state index contributed by atoms with van der Waals surface area (Å²) in [4.78, 5) is 2.15. The second-order valence-corrected chi connectivity index (χ2v) is 3.23. The number of rotatable bonds is 1. The summed E-state index contributed by atoms with van der Waals surface area (Å²) in [5.41, 5.74) is 2.00.